The predicted molar refractivity (Wildman–Crippen MR) is 57.3 cm³/mol. The zero-order chi connectivity index (χ0) is 10.4. The minimum absolute atomic E-state index is 0.207. The number of imide groups is 1. The number of rotatable bonds is 3. The van der Waals surface area contributed by atoms with Crippen molar-refractivity contribution < 1.29 is 9.59 Å². The van der Waals surface area contributed by atoms with E-state index in [1.165, 1.54) is 32.7 Å². The van der Waals surface area contributed by atoms with Crippen LogP contribution < -0.4 is 10.6 Å². The standard InChI is InChI=1S/C9H16N2O2S/c1-10-9(13)11-8(12)6-14-7-4-2-3-5-7/h7H,2-6H2,1H3,(H2,10,11,12,13). The molecule has 0 aromatic heterocycles. The lowest BCUT2D eigenvalue weighted by Crippen LogP contribution is -2.38. The van der Waals surface area contributed by atoms with Crippen LogP contribution in [0.3, 0.4) is 0 Å². The van der Waals surface area contributed by atoms with E-state index in [0.717, 1.165) is 0 Å². The van der Waals surface area contributed by atoms with Crippen molar-refractivity contribution in [3.05, 3.63) is 0 Å². The van der Waals surface area contributed by atoms with Gasteiger partial charge in [-0.25, -0.2) is 4.79 Å². The first kappa shape index (κ1) is 11.4. The van der Waals surface area contributed by atoms with Gasteiger partial charge in [-0.3, -0.25) is 10.1 Å². The molecule has 0 unspecified atom stereocenters. The summed E-state index contributed by atoms with van der Waals surface area (Å²) in [6.07, 6.45) is 4.96. The summed E-state index contributed by atoms with van der Waals surface area (Å²) in [5.74, 6) is 0.180. The van der Waals surface area contributed by atoms with Crippen LogP contribution in [0.25, 0.3) is 0 Å². The molecule has 0 bridgehead atoms. The number of urea groups is 1. The maximum atomic E-state index is 11.2. The molecule has 1 fully saturated rings. The normalized spacial score (nSPS) is 16.6. The smallest absolute Gasteiger partial charge is 0.321 e. The number of thioether (sulfide) groups is 1. The van der Waals surface area contributed by atoms with Crippen molar-refractivity contribution in [1.29, 1.82) is 0 Å². The topological polar surface area (TPSA) is 58.2 Å². The molecule has 0 spiro atoms. The monoisotopic (exact) mass is 216 g/mol. The lowest BCUT2D eigenvalue weighted by Gasteiger charge is -2.07. The molecule has 0 heterocycles. The van der Waals surface area contributed by atoms with Gasteiger partial charge < -0.3 is 5.32 Å². The fourth-order valence-corrected chi connectivity index (χ4v) is 2.60. The Morgan fingerprint density at radius 1 is 1.36 bits per heavy atom. The van der Waals surface area contributed by atoms with Crippen molar-refractivity contribution in [2.75, 3.05) is 12.8 Å². The van der Waals surface area contributed by atoms with Crippen molar-refractivity contribution in [2.45, 2.75) is 30.9 Å². The molecule has 2 N–H and O–H groups in total. The van der Waals surface area contributed by atoms with Crippen LogP contribution in [-0.2, 0) is 4.79 Å². The Balaban J connectivity index is 2.11. The Morgan fingerprint density at radius 2 is 2.00 bits per heavy atom. The Hall–Kier alpha value is -0.710. The maximum absolute atomic E-state index is 11.2. The highest BCUT2D eigenvalue weighted by Gasteiger charge is 2.17. The molecule has 1 aliphatic rings. The minimum atomic E-state index is -0.429. The van der Waals surface area contributed by atoms with Crippen LogP contribution in [0, 0.1) is 0 Å². The first-order valence-electron chi connectivity index (χ1n) is 4.85. The lowest BCUT2D eigenvalue weighted by atomic mass is 10.4. The molecule has 14 heavy (non-hydrogen) atoms. The van der Waals surface area contributed by atoms with Crippen LogP contribution in [-0.4, -0.2) is 30.0 Å². The molecule has 0 aromatic rings. The Labute approximate surface area is 88.2 Å². The van der Waals surface area contributed by atoms with Gasteiger partial charge >= 0.3 is 6.03 Å². The number of carbonyl (C=O) groups excluding carboxylic acids is 2. The number of nitrogens with one attached hydrogen (secondary N) is 2. The molecule has 4 nitrogen and oxygen atoms in total. The molecule has 0 radical (unpaired) electrons. The average molecular weight is 216 g/mol. The van der Waals surface area contributed by atoms with E-state index in [4.69, 9.17) is 0 Å². The number of amides is 3. The van der Waals surface area contributed by atoms with E-state index in [0.29, 0.717) is 11.0 Å². The van der Waals surface area contributed by atoms with Gasteiger partial charge in [0.05, 0.1) is 5.75 Å². The maximum Gasteiger partial charge on any atom is 0.321 e. The fraction of sp³-hybridized carbons (Fsp3) is 0.778. The van der Waals surface area contributed by atoms with E-state index in [9.17, 15) is 9.59 Å². The molecule has 1 rings (SSSR count). The van der Waals surface area contributed by atoms with Gasteiger partial charge in [-0.15, -0.1) is 11.8 Å². The second kappa shape index (κ2) is 5.90. The Morgan fingerprint density at radius 3 is 2.57 bits per heavy atom. The largest absolute Gasteiger partial charge is 0.341 e. The molecule has 5 heteroatoms. The molecular formula is C9H16N2O2S. The SMILES string of the molecule is CNC(=O)NC(=O)CSC1CCCC1. The highest BCUT2D eigenvalue weighted by Crippen LogP contribution is 2.28. The van der Waals surface area contributed by atoms with Crippen molar-refractivity contribution in [3.63, 3.8) is 0 Å². The van der Waals surface area contributed by atoms with Crippen LogP contribution in [0.2, 0.25) is 0 Å². The minimum Gasteiger partial charge on any atom is -0.341 e. The van der Waals surface area contributed by atoms with E-state index < -0.39 is 6.03 Å². The number of hydrogen-bond donors (Lipinski definition) is 2. The van der Waals surface area contributed by atoms with Gasteiger partial charge in [-0.2, -0.15) is 0 Å². The summed E-state index contributed by atoms with van der Waals surface area (Å²) in [5, 5.41) is 5.20. The first-order chi connectivity index (χ1) is 6.72. The third-order valence-electron chi connectivity index (χ3n) is 2.23. The quantitative estimate of drug-likeness (QED) is 0.743. The highest BCUT2D eigenvalue weighted by atomic mass is 32.2. The van der Waals surface area contributed by atoms with Crippen molar-refractivity contribution >= 4 is 23.7 Å². The van der Waals surface area contributed by atoms with Crippen molar-refractivity contribution in [2.24, 2.45) is 0 Å². The van der Waals surface area contributed by atoms with Crippen LogP contribution in [0.15, 0.2) is 0 Å². The average Bonchev–Trinajstić information content (AvgIpc) is 2.67. The predicted octanol–water partition coefficient (Wildman–Crippen LogP) is 1.12. The third-order valence-corrected chi connectivity index (χ3v) is 3.60. The summed E-state index contributed by atoms with van der Waals surface area (Å²) >= 11 is 1.65. The lowest BCUT2D eigenvalue weighted by molar-refractivity contribution is -0.117. The molecule has 0 saturated heterocycles. The van der Waals surface area contributed by atoms with Gasteiger partial charge in [0.25, 0.3) is 0 Å². The molecule has 80 valence electrons. The summed E-state index contributed by atoms with van der Waals surface area (Å²) < 4.78 is 0. The van der Waals surface area contributed by atoms with Gasteiger partial charge in [0.1, 0.15) is 0 Å². The van der Waals surface area contributed by atoms with Gasteiger partial charge in [0, 0.05) is 12.3 Å². The molecule has 0 atom stereocenters. The van der Waals surface area contributed by atoms with Gasteiger partial charge in [0.2, 0.25) is 5.91 Å². The van der Waals surface area contributed by atoms with Crippen LogP contribution in [0.5, 0.6) is 0 Å². The Bertz CT molecular complexity index is 215. The summed E-state index contributed by atoms with van der Waals surface area (Å²) in [4.78, 5) is 21.9. The highest BCUT2D eigenvalue weighted by molar-refractivity contribution is 8.00. The van der Waals surface area contributed by atoms with E-state index in [2.05, 4.69) is 10.6 Å². The molecule has 0 aromatic carbocycles. The van der Waals surface area contributed by atoms with E-state index in [-0.39, 0.29) is 5.91 Å². The van der Waals surface area contributed by atoms with Crippen molar-refractivity contribution in [3.8, 4) is 0 Å². The fourth-order valence-electron chi connectivity index (χ4n) is 1.47. The summed E-state index contributed by atoms with van der Waals surface area (Å²) in [7, 11) is 1.49. The molecular weight excluding hydrogens is 200 g/mol. The molecule has 1 saturated carbocycles. The zero-order valence-corrected chi connectivity index (χ0v) is 9.15. The summed E-state index contributed by atoms with van der Waals surface area (Å²) in [5.41, 5.74) is 0. The second-order valence-electron chi connectivity index (χ2n) is 3.34. The first-order valence-corrected chi connectivity index (χ1v) is 5.90. The summed E-state index contributed by atoms with van der Waals surface area (Å²) in [6, 6.07) is -0.429. The van der Waals surface area contributed by atoms with E-state index in [1.807, 2.05) is 0 Å². The van der Waals surface area contributed by atoms with E-state index in [1.54, 1.807) is 11.8 Å². The van der Waals surface area contributed by atoms with Crippen molar-refractivity contribution in [1.82, 2.24) is 10.6 Å². The molecule has 0 aliphatic heterocycles. The molecule has 3 amide bonds. The number of hydrogen-bond acceptors (Lipinski definition) is 3. The van der Waals surface area contributed by atoms with Crippen LogP contribution in [0.4, 0.5) is 4.79 Å². The van der Waals surface area contributed by atoms with Crippen LogP contribution >= 0.6 is 11.8 Å². The van der Waals surface area contributed by atoms with Crippen LogP contribution in [0.1, 0.15) is 25.7 Å². The summed E-state index contributed by atoms with van der Waals surface area (Å²) in [6.45, 7) is 0. The third kappa shape index (κ3) is 4.00. The number of carbonyl (C=O) groups is 2. The van der Waals surface area contributed by atoms with Gasteiger partial charge in [-0.1, -0.05) is 12.8 Å². The molecule has 1 aliphatic carbocycles. The zero-order valence-electron chi connectivity index (χ0n) is 8.34. The van der Waals surface area contributed by atoms with E-state index >= 15 is 0 Å². The van der Waals surface area contributed by atoms with Gasteiger partial charge in [-0.05, 0) is 12.8 Å². The Kier molecular flexibility index (Phi) is 4.79. The van der Waals surface area contributed by atoms with Gasteiger partial charge in [0.15, 0.2) is 0 Å². The second-order valence-corrected chi connectivity index (χ2v) is 4.63.